The lowest BCUT2D eigenvalue weighted by atomic mass is 9.94. The summed E-state index contributed by atoms with van der Waals surface area (Å²) in [4.78, 5) is 12.0. The summed E-state index contributed by atoms with van der Waals surface area (Å²) in [5.41, 5.74) is -0.522. The van der Waals surface area contributed by atoms with Crippen LogP contribution in [0.25, 0.3) is 0 Å². The van der Waals surface area contributed by atoms with Crippen molar-refractivity contribution >= 4 is 5.91 Å². The molecule has 2 heterocycles. The van der Waals surface area contributed by atoms with Gasteiger partial charge in [-0.05, 0) is 18.0 Å². The first kappa shape index (κ1) is 12.8. The molecule has 1 atom stereocenters. The van der Waals surface area contributed by atoms with Gasteiger partial charge in [-0.3, -0.25) is 4.79 Å². The molecule has 1 unspecified atom stereocenters. The molecule has 1 aromatic rings. The van der Waals surface area contributed by atoms with Crippen molar-refractivity contribution in [3.63, 3.8) is 0 Å². The number of aliphatic hydroxyl groups is 1. The molecule has 2 N–H and O–H groups in total. The number of nitrogens with one attached hydrogen (secondary N) is 1. The minimum atomic E-state index is -0.522. The summed E-state index contributed by atoms with van der Waals surface area (Å²) in [5, 5.41) is 15.4. The van der Waals surface area contributed by atoms with E-state index in [0.29, 0.717) is 26.1 Å². The zero-order valence-corrected chi connectivity index (χ0v) is 10.1. The summed E-state index contributed by atoms with van der Waals surface area (Å²) in [6.45, 7) is 0.952. The van der Waals surface area contributed by atoms with Gasteiger partial charge in [-0.25, -0.2) is 0 Å². The maximum atomic E-state index is 12.0. The van der Waals surface area contributed by atoms with Crippen LogP contribution in [0.3, 0.4) is 0 Å². The Balaban J connectivity index is 2.04. The molecule has 0 aromatic carbocycles. The molecule has 1 amide bonds. The molecule has 1 saturated heterocycles. The van der Waals surface area contributed by atoms with Crippen LogP contribution < -0.4 is 10.1 Å². The first-order valence-electron chi connectivity index (χ1n) is 5.71. The van der Waals surface area contributed by atoms with Gasteiger partial charge >= 0.3 is 0 Å². The Bertz CT molecular complexity index is 411. The summed E-state index contributed by atoms with van der Waals surface area (Å²) < 4.78 is 15.0. The van der Waals surface area contributed by atoms with E-state index in [2.05, 4.69) is 10.5 Å². The summed E-state index contributed by atoms with van der Waals surface area (Å²) >= 11 is 0. The molecule has 1 aliphatic heterocycles. The fourth-order valence-electron chi connectivity index (χ4n) is 1.94. The lowest BCUT2D eigenvalue weighted by Gasteiger charge is -2.27. The van der Waals surface area contributed by atoms with Crippen LogP contribution in [0.5, 0.6) is 5.88 Å². The smallest absolute Gasteiger partial charge is 0.290 e. The zero-order valence-electron chi connectivity index (χ0n) is 10.1. The lowest BCUT2D eigenvalue weighted by Crippen LogP contribution is -2.49. The van der Waals surface area contributed by atoms with Gasteiger partial charge in [0.25, 0.3) is 11.8 Å². The van der Waals surface area contributed by atoms with Crippen molar-refractivity contribution < 1.29 is 23.9 Å². The molecule has 7 nitrogen and oxygen atoms in total. The van der Waals surface area contributed by atoms with Gasteiger partial charge in [0.2, 0.25) is 5.76 Å². The standard InChI is InChI=1S/C11H16N2O5/c1-16-9-6-8(18-13-9)10(15)12-11(2-4-14)3-5-17-7-11/h6,14H,2-5,7H2,1H3,(H,12,15). The van der Waals surface area contributed by atoms with E-state index in [-0.39, 0.29) is 24.2 Å². The first-order valence-corrected chi connectivity index (χ1v) is 5.71. The van der Waals surface area contributed by atoms with Crippen LogP contribution in [0, 0.1) is 0 Å². The number of rotatable bonds is 5. The fraction of sp³-hybridized carbons (Fsp3) is 0.636. The van der Waals surface area contributed by atoms with Crippen molar-refractivity contribution in [2.24, 2.45) is 0 Å². The number of hydrogen-bond donors (Lipinski definition) is 2. The summed E-state index contributed by atoms with van der Waals surface area (Å²) in [7, 11) is 1.44. The van der Waals surface area contributed by atoms with Crippen molar-refractivity contribution in [1.29, 1.82) is 0 Å². The summed E-state index contributed by atoms with van der Waals surface area (Å²) in [5.74, 6) is -0.0557. The van der Waals surface area contributed by atoms with E-state index in [1.165, 1.54) is 13.2 Å². The molecule has 2 rings (SSSR count). The number of amides is 1. The van der Waals surface area contributed by atoms with E-state index in [1.807, 2.05) is 0 Å². The van der Waals surface area contributed by atoms with Crippen LogP contribution in [0.2, 0.25) is 0 Å². The van der Waals surface area contributed by atoms with Crippen LogP contribution in [-0.4, -0.2) is 48.6 Å². The Labute approximate surface area is 104 Å². The molecule has 1 aliphatic rings. The third-order valence-electron chi connectivity index (χ3n) is 2.99. The summed E-state index contributed by atoms with van der Waals surface area (Å²) in [6.07, 6.45) is 1.12. The normalized spacial score (nSPS) is 23.0. The predicted octanol–water partition coefficient (Wildman–Crippen LogP) is -0.0455. The molecular formula is C11H16N2O5. The van der Waals surface area contributed by atoms with Gasteiger partial charge in [0.1, 0.15) is 0 Å². The van der Waals surface area contributed by atoms with Crippen LogP contribution in [0.15, 0.2) is 10.6 Å². The Morgan fingerprint density at radius 2 is 2.56 bits per heavy atom. The lowest BCUT2D eigenvalue weighted by molar-refractivity contribution is 0.0814. The molecule has 100 valence electrons. The Morgan fingerprint density at radius 1 is 1.72 bits per heavy atom. The molecule has 1 aromatic heterocycles. The number of carbonyl (C=O) groups excluding carboxylic acids is 1. The van der Waals surface area contributed by atoms with E-state index in [4.69, 9.17) is 19.1 Å². The predicted molar refractivity (Wildman–Crippen MR) is 60.4 cm³/mol. The largest absolute Gasteiger partial charge is 0.479 e. The number of aliphatic hydroxyl groups excluding tert-OH is 1. The average Bonchev–Trinajstić information content (AvgIpc) is 2.98. The van der Waals surface area contributed by atoms with Gasteiger partial charge < -0.3 is 24.4 Å². The van der Waals surface area contributed by atoms with Crippen molar-refractivity contribution in [3.8, 4) is 5.88 Å². The third-order valence-corrected chi connectivity index (χ3v) is 2.99. The van der Waals surface area contributed by atoms with Crippen molar-refractivity contribution in [1.82, 2.24) is 10.5 Å². The highest BCUT2D eigenvalue weighted by atomic mass is 16.5. The molecule has 0 spiro atoms. The average molecular weight is 256 g/mol. The van der Waals surface area contributed by atoms with Crippen LogP contribution in [-0.2, 0) is 4.74 Å². The number of hydrogen-bond acceptors (Lipinski definition) is 6. The number of ether oxygens (including phenoxy) is 2. The van der Waals surface area contributed by atoms with Gasteiger partial charge in [-0.15, -0.1) is 0 Å². The highest BCUT2D eigenvalue weighted by molar-refractivity contribution is 5.92. The maximum absolute atomic E-state index is 12.0. The summed E-state index contributed by atoms with van der Waals surface area (Å²) in [6, 6.07) is 1.41. The number of aromatic nitrogens is 1. The maximum Gasteiger partial charge on any atom is 0.290 e. The zero-order chi connectivity index (χ0) is 13.0. The SMILES string of the molecule is COc1cc(C(=O)NC2(CCO)CCOC2)on1. The van der Waals surface area contributed by atoms with Gasteiger partial charge in [-0.2, -0.15) is 0 Å². The van der Waals surface area contributed by atoms with E-state index in [1.54, 1.807) is 0 Å². The first-order chi connectivity index (χ1) is 8.69. The third kappa shape index (κ3) is 2.62. The van der Waals surface area contributed by atoms with Crippen LogP contribution >= 0.6 is 0 Å². The quantitative estimate of drug-likeness (QED) is 0.767. The Morgan fingerprint density at radius 3 is 3.11 bits per heavy atom. The van der Waals surface area contributed by atoms with E-state index in [0.717, 1.165) is 0 Å². The second-order valence-corrected chi connectivity index (χ2v) is 4.24. The van der Waals surface area contributed by atoms with Crippen molar-refractivity contribution in [3.05, 3.63) is 11.8 Å². The molecule has 0 radical (unpaired) electrons. The fourth-order valence-corrected chi connectivity index (χ4v) is 1.94. The van der Waals surface area contributed by atoms with Gasteiger partial charge in [0, 0.05) is 13.2 Å². The minimum absolute atomic E-state index is 0.0105. The Hall–Kier alpha value is -1.60. The molecular weight excluding hydrogens is 240 g/mol. The number of carbonyl (C=O) groups is 1. The van der Waals surface area contributed by atoms with Gasteiger partial charge in [-0.1, -0.05) is 0 Å². The molecule has 1 fully saturated rings. The van der Waals surface area contributed by atoms with E-state index >= 15 is 0 Å². The molecule has 0 saturated carbocycles. The van der Waals surface area contributed by atoms with Crippen LogP contribution in [0.1, 0.15) is 23.4 Å². The Kier molecular flexibility index (Phi) is 3.83. The molecule has 7 heteroatoms. The van der Waals surface area contributed by atoms with E-state index in [9.17, 15) is 4.79 Å². The number of methoxy groups -OCH3 is 1. The van der Waals surface area contributed by atoms with Crippen molar-refractivity contribution in [2.45, 2.75) is 18.4 Å². The van der Waals surface area contributed by atoms with Gasteiger partial charge in [0.15, 0.2) is 0 Å². The highest BCUT2D eigenvalue weighted by Gasteiger charge is 2.36. The van der Waals surface area contributed by atoms with Gasteiger partial charge in [0.05, 0.1) is 25.3 Å². The molecule has 0 bridgehead atoms. The topological polar surface area (TPSA) is 93.8 Å². The second kappa shape index (κ2) is 5.36. The number of nitrogens with zero attached hydrogens (tertiary/aromatic N) is 1. The van der Waals surface area contributed by atoms with Crippen molar-refractivity contribution in [2.75, 3.05) is 26.9 Å². The molecule has 18 heavy (non-hydrogen) atoms. The monoisotopic (exact) mass is 256 g/mol. The second-order valence-electron chi connectivity index (χ2n) is 4.24. The highest BCUT2D eigenvalue weighted by Crippen LogP contribution is 2.23. The minimum Gasteiger partial charge on any atom is -0.479 e. The molecule has 0 aliphatic carbocycles. The van der Waals surface area contributed by atoms with E-state index < -0.39 is 5.54 Å². The van der Waals surface area contributed by atoms with Crippen LogP contribution in [0.4, 0.5) is 0 Å².